The van der Waals surface area contributed by atoms with Crippen LogP contribution in [0.4, 0.5) is 10.5 Å². The fourth-order valence-corrected chi connectivity index (χ4v) is 4.65. The van der Waals surface area contributed by atoms with Crippen LogP contribution in [0.15, 0.2) is 24.4 Å². The van der Waals surface area contributed by atoms with Crippen LogP contribution in [0.5, 0.6) is 5.88 Å². The first-order chi connectivity index (χ1) is 13.3. The van der Waals surface area contributed by atoms with Crippen LogP contribution in [0.2, 0.25) is 0 Å². The molecule has 1 saturated heterocycles. The summed E-state index contributed by atoms with van der Waals surface area (Å²) in [5, 5.41) is 9.90. The molecule has 2 aromatic rings. The van der Waals surface area contributed by atoms with Crippen molar-refractivity contribution in [3.63, 3.8) is 0 Å². The van der Waals surface area contributed by atoms with Crippen LogP contribution in [0.3, 0.4) is 0 Å². The lowest BCUT2D eigenvalue weighted by atomic mass is 10.1. The molecule has 1 amide bonds. The minimum absolute atomic E-state index is 0.380. The van der Waals surface area contributed by atoms with E-state index in [0.717, 1.165) is 42.0 Å². The van der Waals surface area contributed by atoms with Gasteiger partial charge in [0.1, 0.15) is 5.52 Å². The number of nitrogens with zero attached hydrogens (tertiary/aromatic N) is 4. The van der Waals surface area contributed by atoms with Gasteiger partial charge in [-0.05, 0) is 39.3 Å². The Labute approximate surface area is 170 Å². The van der Waals surface area contributed by atoms with Crippen molar-refractivity contribution < 1.29 is 14.6 Å². The minimum atomic E-state index is -0.857. The van der Waals surface area contributed by atoms with E-state index < -0.39 is 6.09 Å². The molecular formula is C20H28N4O3S. The highest BCUT2D eigenvalue weighted by Gasteiger charge is 2.28. The zero-order valence-electron chi connectivity index (χ0n) is 16.9. The normalized spacial score (nSPS) is 17.1. The first-order valence-corrected chi connectivity index (χ1v) is 10.5. The molecule has 8 heteroatoms. The number of amides is 1. The van der Waals surface area contributed by atoms with Crippen molar-refractivity contribution in [1.29, 1.82) is 0 Å². The fourth-order valence-electron chi connectivity index (χ4n) is 3.47. The van der Waals surface area contributed by atoms with Crippen LogP contribution in [0, 0.1) is 0 Å². The number of methoxy groups -OCH3 is 1. The number of carbonyl (C=O) groups is 1. The van der Waals surface area contributed by atoms with Crippen LogP contribution in [-0.2, 0) is 0 Å². The maximum Gasteiger partial charge on any atom is 0.407 e. The summed E-state index contributed by atoms with van der Waals surface area (Å²) in [6.45, 7) is 8.20. The number of pyridine rings is 2. The summed E-state index contributed by atoms with van der Waals surface area (Å²) >= 11 is 1.85. The SMILES string of the molecule is COc1ccc2nccc(N3CCC(SCCN(C(=O)O)C(C)(C)C)C3)c2n1. The monoisotopic (exact) mass is 404 g/mol. The molecule has 0 saturated carbocycles. The molecule has 0 aliphatic carbocycles. The third-order valence-electron chi connectivity index (χ3n) is 4.94. The lowest BCUT2D eigenvalue weighted by Crippen LogP contribution is -2.46. The molecule has 1 N–H and O–H groups in total. The second-order valence-electron chi connectivity index (χ2n) is 7.88. The number of hydrogen-bond acceptors (Lipinski definition) is 6. The molecule has 0 aromatic carbocycles. The Balaban J connectivity index is 1.63. The Morgan fingerprint density at radius 2 is 2.18 bits per heavy atom. The number of fused-ring (bicyclic) bond motifs is 1. The molecule has 3 heterocycles. The smallest absolute Gasteiger partial charge is 0.407 e. The third kappa shape index (κ3) is 4.60. The van der Waals surface area contributed by atoms with Gasteiger partial charge in [0.15, 0.2) is 0 Å². The Morgan fingerprint density at radius 1 is 1.39 bits per heavy atom. The molecule has 0 radical (unpaired) electrons. The van der Waals surface area contributed by atoms with E-state index in [4.69, 9.17) is 4.74 Å². The van der Waals surface area contributed by atoms with Crippen molar-refractivity contribution in [2.45, 2.75) is 38.0 Å². The number of thioether (sulfide) groups is 1. The van der Waals surface area contributed by atoms with E-state index in [1.54, 1.807) is 7.11 Å². The molecule has 1 fully saturated rings. The maximum absolute atomic E-state index is 11.5. The topological polar surface area (TPSA) is 78.8 Å². The van der Waals surface area contributed by atoms with Crippen LogP contribution >= 0.6 is 11.8 Å². The predicted octanol–water partition coefficient (Wildman–Crippen LogP) is 3.73. The standard InChI is InChI=1S/C20H28N4O3S/c1-20(2,3)24(19(25)26)11-12-28-14-8-10-23(13-14)16-7-9-21-15-5-6-17(27-4)22-18(15)16/h5-7,9,14H,8,10-13H2,1-4H3,(H,25,26). The highest BCUT2D eigenvalue weighted by molar-refractivity contribution is 7.99. The molecule has 1 aliphatic rings. The van der Waals surface area contributed by atoms with Crippen LogP contribution in [-0.4, -0.2) is 69.4 Å². The largest absolute Gasteiger partial charge is 0.481 e. The molecule has 1 unspecified atom stereocenters. The van der Waals surface area contributed by atoms with Crippen molar-refractivity contribution in [3.8, 4) is 5.88 Å². The predicted molar refractivity (Wildman–Crippen MR) is 114 cm³/mol. The first kappa shape index (κ1) is 20.5. The summed E-state index contributed by atoms with van der Waals surface area (Å²) in [4.78, 5) is 24.3. The Morgan fingerprint density at radius 3 is 2.86 bits per heavy atom. The van der Waals surface area contributed by atoms with E-state index in [2.05, 4.69) is 14.9 Å². The quantitative estimate of drug-likeness (QED) is 0.786. The molecule has 152 valence electrons. The van der Waals surface area contributed by atoms with Crippen LogP contribution < -0.4 is 9.64 Å². The van der Waals surface area contributed by atoms with Gasteiger partial charge in [-0.2, -0.15) is 11.8 Å². The van der Waals surface area contributed by atoms with Crippen molar-refractivity contribution in [2.24, 2.45) is 0 Å². The van der Waals surface area contributed by atoms with E-state index in [1.807, 2.05) is 56.9 Å². The lowest BCUT2D eigenvalue weighted by Gasteiger charge is -2.33. The van der Waals surface area contributed by atoms with Gasteiger partial charge in [-0.25, -0.2) is 9.78 Å². The van der Waals surface area contributed by atoms with Crippen LogP contribution in [0.1, 0.15) is 27.2 Å². The molecule has 0 bridgehead atoms. The molecule has 3 rings (SSSR count). The minimum Gasteiger partial charge on any atom is -0.481 e. The summed E-state index contributed by atoms with van der Waals surface area (Å²) in [7, 11) is 1.62. The van der Waals surface area contributed by atoms with Gasteiger partial charge < -0.3 is 19.6 Å². The summed E-state index contributed by atoms with van der Waals surface area (Å²) < 4.78 is 5.27. The first-order valence-electron chi connectivity index (χ1n) is 9.46. The molecule has 2 aromatic heterocycles. The Bertz CT molecular complexity index is 840. The average Bonchev–Trinajstić information content (AvgIpc) is 3.11. The van der Waals surface area contributed by atoms with Gasteiger partial charge in [0.25, 0.3) is 0 Å². The third-order valence-corrected chi connectivity index (χ3v) is 6.22. The molecule has 1 atom stereocenters. The van der Waals surface area contributed by atoms with Gasteiger partial charge in [-0.15, -0.1) is 0 Å². The molecule has 7 nitrogen and oxygen atoms in total. The zero-order valence-corrected chi connectivity index (χ0v) is 17.7. The van der Waals surface area contributed by atoms with Crippen molar-refractivity contribution in [3.05, 3.63) is 24.4 Å². The maximum atomic E-state index is 11.5. The highest BCUT2D eigenvalue weighted by atomic mass is 32.2. The van der Waals surface area contributed by atoms with Crippen molar-refractivity contribution in [2.75, 3.05) is 37.4 Å². The van der Waals surface area contributed by atoms with Gasteiger partial charge in [0, 0.05) is 48.4 Å². The summed E-state index contributed by atoms with van der Waals surface area (Å²) in [5.74, 6) is 1.38. The second kappa shape index (κ2) is 8.43. The summed E-state index contributed by atoms with van der Waals surface area (Å²) in [6.07, 6.45) is 2.03. The average molecular weight is 405 g/mol. The van der Waals surface area contributed by atoms with E-state index in [1.165, 1.54) is 4.90 Å². The van der Waals surface area contributed by atoms with Gasteiger partial charge in [0.05, 0.1) is 18.3 Å². The van der Waals surface area contributed by atoms with Gasteiger partial charge >= 0.3 is 6.09 Å². The Kier molecular flexibility index (Phi) is 6.17. The number of aromatic nitrogens is 2. The molecule has 1 aliphatic heterocycles. The number of ether oxygens (including phenoxy) is 1. The van der Waals surface area contributed by atoms with E-state index in [9.17, 15) is 9.90 Å². The van der Waals surface area contributed by atoms with E-state index >= 15 is 0 Å². The fraction of sp³-hybridized carbons (Fsp3) is 0.550. The second-order valence-corrected chi connectivity index (χ2v) is 9.29. The highest BCUT2D eigenvalue weighted by Crippen LogP contribution is 2.32. The molecule has 28 heavy (non-hydrogen) atoms. The number of carboxylic acid groups (broad SMARTS) is 1. The van der Waals surface area contributed by atoms with E-state index in [-0.39, 0.29) is 5.54 Å². The zero-order chi connectivity index (χ0) is 20.3. The van der Waals surface area contributed by atoms with Crippen molar-refractivity contribution in [1.82, 2.24) is 14.9 Å². The number of anilines is 1. The Hall–Kier alpha value is -2.22. The molecular weight excluding hydrogens is 376 g/mol. The lowest BCUT2D eigenvalue weighted by molar-refractivity contribution is 0.105. The van der Waals surface area contributed by atoms with Crippen LogP contribution in [0.25, 0.3) is 11.0 Å². The molecule has 0 spiro atoms. The van der Waals surface area contributed by atoms with E-state index in [0.29, 0.717) is 17.7 Å². The van der Waals surface area contributed by atoms with Gasteiger partial charge in [0.2, 0.25) is 5.88 Å². The number of hydrogen-bond donors (Lipinski definition) is 1. The number of rotatable bonds is 6. The van der Waals surface area contributed by atoms with Crippen molar-refractivity contribution >= 4 is 34.6 Å². The summed E-state index contributed by atoms with van der Waals surface area (Å²) in [6, 6.07) is 5.76. The summed E-state index contributed by atoms with van der Waals surface area (Å²) in [5.41, 5.74) is 2.41. The van der Waals surface area contributed by atoms with Gasteiger partial charge in [-0.3, -0.25) is 4.98 Å². The van der Waals surface area contributed by atoms with Gasteiger partial charge in [-0.1, -0.05) is 0 Å².